The minimum Gasteiger partial charge on any atom is -0.493 e. The van der Waals surface area contributed by atoms with Crippen LogP contribution < -0.4 is 14.8 Å². The molecule has 0 bridgehead atoms. The highest BCUT2D eigenvalue weighted by molar-refractivity contribution is 5.85. The van der Waals surface area contributed by atoms with Crippen LogP contribution in [0.15, 0.2) is 24.8 Å². The van der Waals surface area contributed by atoms with E-state index in [4.69, 9.17) is 9.47 Å². The molecule has 0 radical (unpaired) electrons. The third-order valence-electron chi connectivity index (χ3n) is 3.59. The summed E-state index contributed by atoms with van der Waals surface area (Å²) in [6.45, 7) is 7.39. The Labute approximate surface area is 131 Å². The number of benzene rings is 1. The first-order valence-corrected chi connectivity index (χ1v) is 6.70. The van der Waals surface area contributed by atoms with E-state index in [0.717, 1.165) is 26.2 Å². The Bertz CT molecular complexity index is 479. The minimum atomic E-state index is -0.300. The van der Waals surface area contributed by atoms with Gasteiger partial charge in [-0.25, -0.2) is 4.39 Å². The van der Waals surface area contributed by atoms with Crippen LogP contribution in [0.1, 0.15) is 11.6 Å². The quantitative estimate of drug-likeness (QED) is 0.846. The highest BCUT2D eigenvalue weighted by Gasteiger charge is 2.24. The van der Waals surface area contributed by atoms with E-state index in [1.54, 1.807) is 19.3 Å². The maximum absolute atomic E-state index is 14.3. The smallest absolute Gasteiger partial charge is 0.163 e. The summed E-state index contributed by atoms with van der Waals surface area (Å²) in [5, 5.41) is 3.29. The average Bonchev–Trinajstić information content (AvgIpc) is 2.50. The molecule has 0 spiro atoms. The molecule has 1 fully saturated rings. The molecular formula is C15H22ClFN2O2. The van der Waals surface area contributed by atoms with Gasteiger partial charge < -0.3 is 14.8 Å². The van der Waals surface area contributed by atoms with Gasteiger partial charge >= 0.3 is 0 Å². The first-order valence-electron chi connectivity index (χ1n) is 6.70. The Morgan fingerprint density at radius 3 is 2.33 bits per heavy atom. The number of hydrogen-bond donors (Lipinski definition) is 1. The number of nitrogens with one attached hydrogen (secondary N) is 1. The van der Waals surface area contributed by atoms with Gasteiger partial charge in [0, 0.05) is 37.8 Å². The van der Waals surface area contributed by atoms with Crippen molar-refractivity contribution >= 4 is 12.4 Å². The Morgan fingerprint density at radius 2 is 1.81 bits per heavy atom. The summed E-state index contributed by atoms with van der Waals surface area (Å²) < 4.78 is 24.7. The second kappa shape index (κ2) is 8.22. The van der Waals surface area contributed by atoms with Crippen LogP contribution in [0.25, 0.3) is 0 Å². The largest absolute Gasteiger partial charge is 0.493 e. The van der Waals surface area contributed by atoms with Crippen molar-refractivity contribution in [1.82, 2.24) is 10.2 Å². The average molecular weight is 317 g/mol. The van der Waals surface area contributed by atoms with Gasteiger partial charge in [0.2, 0.25) is 0 Å². The van der Waals surface area contributed by atoms with E-state index in [1.807, 2.05) is 0 Å². The van der Waals surface area contributed by atoms with Gasteiger partial charge in [0.1, 0.15) is 5.82 Å². The molecule has 0 unspecified atom stereocenters. The maximum atomic E-state index is 14.3. The Morgan fingerprint density at radius 1 is 1.24 bits per heavy atom. The molecule has 0 amide bonds. The van der Waals surface area contributed by atoms with Crippen LogP contribution in [0.3, 0.4) is 0 Å². The molecule has 1 aromatic rings. The molecule has 1 heterocycles. The molecule has 21 heavy (non-hydrogen) atoms. The molecule has 4 nitrogen and oxygen atoms in total. The van der Waals surface area contributed by atoms with Crippen LogP contribution in [0.5, 0.6) is 11.5 Å². The van der Waals surface area contributed by atoms with Crippen molar-refractivity contribution in [2.24, 2.45) is 0 Å². The van der Waals surface area contributed by atoms with Crippen LogP contribution in [-0.4, -0.2) is 45.3 Å². The highest BCUT2D eigenvalue weighted by atomic mass is 35.5. The van der Waals surface area contributed by atoms with E-state index in [2.05, 4.69) is 16.8 Å². The molecule has 1 N–H and O–H groups in total. The Hall–Kier alpha value is -1.30. The highest BCUT2D eigenvalue weighted by Crippen LogP contribution is 2.34. The van der Waals surface area contributed by atoms with E-state index in [9.17, 15) is 4.39 Å². The molecule has 0 aromatic heterocycles. The number of nitrogens with zero attached hydrogens (tertiary/aromatic N) is 1. The van der Waals surface area contributed by atoms with Crippen LogP contribution in [0.2, 0.25) is 0 Å². The van der Waals surface area contributed by atoms with Gasteiger partial charge in [-0.2, -0.15) is 0 Å². The standard InChI is InChI=1S/C15H21FN2O2.ClH/c1-4-13(18-7-5-17-6-8-18)11-9-14(19-2)15(20-3)10-12(11)16;/h4,9-10,13,17H,1,5-8H2,2-3H3;1H/t13-;/m1./s1. The molecule has 1 aromatic carbocycles. The van der Waals surface area contributed by atoms with Crippen molar-refractivity contribution in [1.29, 1.82) is 0 Å². The van der Waals surface area contributed by atoms with E-state index in [0.29, 0.717) is 17.1 Å². The summed E-state index contributed by atoms with van der Waals surface area (Å²) in [5.74, 6) is 0.633. The van der Waals surface area contributed by atoms with E-state index >= 15 is 0 Å². The molecule has 118 valence electrons. The van der Waals surface area contributed by atoms with Crippen LogP contribution in [-0.2, 0) is 0 Å². The van der Waals surface area contributed by atoms with E-state index in [-0.39, 0.29) is 24.3 Å². The number of hydrogen-bond acceptors (Lipinski definition) is 4. The second-order valence-corrected chi connectivity index (χ2v) is 4.70. The SMILES string of the molecule is C=C[C@H](c1cc(OC)c(OC)cc1F)N1CCNCC1.Cl. The minimum absolute atomic E-state index is 0. The fraction of sp³-hybridized carbons (Fsp3) is 0.467. The number of piperazine rings is 1. The maximum Gasteiger partial charge on any atom is 0.163 e. The van der Waals surface area contributed by atoms with Crippen LogP contribution in [0.4, 0.5) is 4.39 Å². The lowest BCUT2D eigenvalue weighted by Crippen LogP contribution is -2.44. The third-order valence-corrected chi connectivity index (χ3v) is 3.59. The predicted octanol–water partition coefficient (Wildman–Crippen LogP) is 2.40. The van der Waals surface area contributed by atoms with E-state index in [1.165, 1.54) is 13.2 Å². The van der Waals surface area contributed by atoms with Gasteiger partial charge in [-0.1, -0.05) is 6.08 Å². The van der Waals surface area contributed by atoms with Crippen molar-refractivity contribution in [2.75, 3.05) is 40.4 Å². The topological polar surface area (TPSA) is 33.7 Å². The monoisotopic (exact) mass is 316 g/mol. The first kappa shape index (κ1) is 17.8. The van der Waals surface area contributed by atoms with Gasteiger partial charge in [0.25, 0.3) is 0 Å². The van der Waals surface area contributed by atoms with Gasteiger partial charge in [-0.3, -0.25) is 4.90 Å². The van der Waals surface area contributed by atoms with Gasteiger partial charge in [0.05, 0.1) is 20.3 Å². The van der Waals surface area contributed by atoms with Crippen molar-refractivity contribution in [3.8, 4) is 11.5 Å². The number of methoxy groups -OCH3 is 2. The van der Waals surface area contributed by atoms with Crippen molar-refractivity contribution in [2.45, 2.75) is 6.04 Å². The Balaban J connectivity index is 0.00000220. The molecule has 1 saturated heterocycles. The third kappa shape index (κ3) is 3.87. The van der Waals surface area contributed by atoms with Gasteiger partial charge in [-0.15, -0.1) is 19.0 Å². The zero-order chi connectivity index (χ0) is 14.5. The summed E-state index contributed by atoms with van der Waals surface area (Å²) in [6, 6.07) is 2.91. The van der Waals surface area contributed by atoms with Crippen LogP contribution >= 0.6 is 12.4 Å². The predicted molar refractivity (Wildman–Crippen MR) is 84.1 cm³/mol. The summed E-state index contributed by atoms with van der Waals surface area (Å²) in [7, 11) is 3.05. The summed E-state index contributed by atoms with van der Waals surface area (Å²) in [4.78, 5) is 2.20. The van der Waals surface area contributed by atoms with Gasteiger partial charge in [-0.05, 0) is 6.07 Å². The molecule has 0 saturated carbocycles. The molecular weight excluding hydrogens is 295 g/mol. The number of rotatable bonds is 5. The molecule has 2 rings (SSSR count). The van der Waals surface area contributed by atoms with Crippen LogP contribution in [0, 0.1) is 5.82 Å². The summed E-state index contributed by atoms with van der Waals surface area (Å²) in [6.07, 6.45) is 1.77. The molecule has 0 aliphatic carbocycles. The molecule has 1 aliphatic rings. The zero-order valence-corrected chi connectivity index (χ0v) is 13.2. The summed E-state index contributed by atoms with van der Waals surface area (Å²) >= 11 is 0. The molecule has 6 heteroatoms. The van der Waals surface area contributed by atoms with Crippen molar-refractivity contribution < 1.29 is 13.9 Å². The number of ether oxygens (including phenoxy) is 2. The zero-order valence-electron chi connectivity index (χ0n) is 12.4. The fourth-order valence-corrected chi connectivity index (χ4v) is 2.53. The number of halogens is 2. The van der Waals surface area contributed by atoms with Crippen molar-refractivity contribution in [3.05, 3.63) is 36.2 Å². The lowest BCUT2D eigenvalue weighted by Gasteiger charge is -2.33. The second-order valence-electron chi connectivity index (χ2n) is 4.70. The normalized spacial score (nSPS) is 16.7. The Kier molecular flexibility index (Phi) is 6.95. The van der Waals surface area contributed by atoms with Gasteiger partial charge in [0.15, 0.2) is 11.5 Å². The fourth-order valence-electron chi connectivity index (χ4n) is 2.53. The molecule has 1 atom stereocenters. The van der Waals surface area contributed by atoms with Crippen molar-refractivity contribution in [3.63, 3.8) is 0 Å². The lowest BCUT2D eigenvalue weighted by atomic mass is 10.0. The lowest BCUT2D eigenvalue weighted by molar-refractivity contribution is 0.200. The summed E-state index contributed by atoms with van der Waals surface area (Å²) in [5.41, 5.74) is 0.569. The molecule has 1 aliphatic heterocycles. The van der Waals surface area contributed by atoms with E-state index < -0.39 is 0 Å². The first-order chi connectivity index (χ1) is 9.71.